The summed E-state index contributed by atoms with van der Waals surface area (Å²) in [5.74, 6) is -1.43. The number of hydrogen-bond acceptors (Lipinski definition) is 3. The number of benzene rings is 2. The van der Waals surface area contributed by atoms with Crippen LogP contribution in [0, 0.1) is 5.82 Å². The predicted octanol–water partition coefficient (Wildman–Crippen LogP) is 4.04. The van der Waals surface area contributed by atoms with E-state index in [9.17, 15) is 14.0 Å². The Hall–Kier alpha value is -2.11. The molecule has 0 heterocycles. The normalized spacial score (nSPS) is 11.7. The lowest BCUT2D eigenvalue weighted by Crippen LogP contribution is -2.36. The second-order valence-corrected chi connectivity index (χ2v) is 6.25. The number of amides is 1. The molecule has 25 heavy (non-hydrogen) atoms. The van der Waals surface area contributed by atoms with E-state index in [1.807, 2.05) is 0 Å². The number of rotatable bonds is 6. The Balaban J connectivity index is 1.83. The van der Waals surface area contributed by atoms with Crippen molar-refractivity contribution in [2.45, 2.75) is 19.4 Å². The zero-order chi connectivity index (χ0) is 18.4. The van der Waals surface area contributed by atoms with Crippen molar-refractivity contribution < 1.29 is 18.7 Å². The topological polar surface area (TPSA) is 55.4 Å². The fourth-order valence-electron chi connectivity index (χ4n) is 2.08. The van der Waals surface area contributed by atoms with Crippen molar-refractivity contribution in [2.24, 2.45) is 0 Å². The Morgan fingerprint density at radius 3 is 2.32 bits per heavy atom. The molecule has 7 heteroatoms. The summed E-state index contributed by atoms with van der Waals surface area (Å²) >= 11 is 11.7. The molecule has 2 aromatic rings. The van der Waals surface area contributed by atoms with E-state index in [2.05, 4.69) is 5.32 Å². The van der Waals surface area contributed by atoms with Gasteiger partial charge in [0.1, 0.15) is 5.82 Å². The van der Waals surface area contributed by atoms with Crippen LogP contribution in [-0.2, 0) is 16.0 Å². The highest BCUT2D eigenvalue weighted by atomic mass is 35.5. The Labute approximate surface area is 154 Å². The molecule has 0 radical (unpaired) electrons. The van der Waals surface area contributed by atoms with Crippen molar-refractivity contribution in [1.29, 1.82) is 0 Å². The van der Waals surface area contributed by atoms with Crippen LogP contribution < -0.4 is 5.32 Å². The summed E-state index contributed by atoms with van der Waals surface area (Å²) < 4.78 is 17.9. The maximum atomic E-state index is 12.8. The lowest BCUT2D eigenvalue weighted by Gasteiger charge is -2.14. The Morgan fingerprint density at radius 2 is 1.72 bits per heavy atom. The molecule has 0 aliphatic rings. The van der Waals surface area contributed by atoms with Gasteiger partial charge in [-0.25, -0.2) is 9.18 Å². The fourth-order valence-corrected chi connectivity index (χ4v) is 2.60. The van der Waals surface area contributed by atoms with E-state index in [-0.39, 0.29) is 11.4 Å². The van der Waals surface area contributed by atoms with E-state index in [0.29, 0.717) is 23.0 Å². The fraction of sp³-hybridized carbons (Fsp3) is 0.222. The highest BCUT2D eigenvalue weighted by molar-refractivity contribution is 6.35. The van der Waals surface area contributed by atoms with Crippen molar-refractivity contribution in [3.05, 3.63) is 69.5 Å². The third-order valence-corrected chi connectivity index (χ3v) is 3.81. The molecule has 0 aromatic heterocycles. The van der Waals surface area contributed by atoms with E-state index in [0.717, 1.165) is 5.56 Å². The van der Waals surface area contributed by atoms with Crippen LogP contribution in [-0.4, -0.2) is 24.5 Å². The molecular weight excluding hydrogens is 368 g/mol. The van der Waals surface area contributed by atoms with Crippen molar-refractivity contribution in [2.75, 3.05) is 6.54 Å². The van der Waals surface area contributed by atoms with Gasteiger partial charge in [0.2, 0.25) is 0 Å². The van der Waals surface area contributed by atoms with Crippen LogP contribution in [0.1, 0.15) is 22.8 Å². The minimum Gasteiger partial charge on any atom is -0.449 e. The highest BCUT2D eigenvalue weighted by Crippen LogP contribution is 2.20. The third-order valence-electron chi connectivity index (χ3n) is 3.38. The van der Waals surface area contributed by atoms with Crippen molar-refractivity contribution in [3.63, 3.8) is 0 Å². The first-order valence-electron chi connectivity index (χ1n) is 7.54. The Bertz CT molecular complexity index is 745. The van der Waals surface area contributed by atoms with E-state index in [1.54, 1.807) is 12.1 Å². The van der Waals surface area contributed by atoms with E-state index >= 15 is 0 Å². The monoisotopic (exact) mass is 383 g/mol. The molecule has 2 aromatic carbocycles. The van der Waals surface area contributed by atoms with Gasteiger partial charge in [0.05, 0.1) is 5.56 Å². The first kappa shape index (κ1) is 19.2. The zero-order valence-corrected chi connectivity index (χ0v) is 14.9. The Kier molecular flexibility index (Phi) is 6.79. The number of carbonyl (C=O) groups is 2. The third kappa shape index (κ3) is 6.03. The van der Waals surface area contributed by atoms with Gasteiger partial charge in [-0.05, 0) is 49.2 Å². The lowest BCUT2D eigenvalue weighted by molar-refractivity contribution is -0.129. The van der Waals surface area contributed by atoms with Gasteiger partial charge in [-0.2, -0.15) is 0 Å². The van der Waals surface area contributed by atoms with Crippen LogP contribution in [0.25, 0.3) is 0 Å². The molecule has 0 saturated heterocycles. The van der Waals surface area contributed by atoms with Gasteiger partial charge >= 0.3 is 5.97 Å². The summed E-state index contributed by atoms with van der Waals surface area (Å²) in [4.78, 5) is 24.0. The summed E-state index contributed by atoms with van der Waals surface area (Å²) in [6, 6.07) is 10.3. The number of carbonyl (C=O) groups excluding carboxylic acids is 2. The predicted molar refractivity (Wildman–Crippen MR) is 94.5 cm³/mol. The highest BCUT2D eigenvalue weighted by Gasteiger charge is 2.19. The molecule has 132 valence electrons. The zero-order valence-electron chi connectivity index (χ0n) is 13.4. The van der Waals surface area contributed by atoms with Crippen LogP contribution in [0.5, 0.6) is 0 Å². The second kappa shape index (κ2) is 8.83. The summed E-state index contributed by atoms with van der Waals surface area (Å²) in [5, 5.41) is 3.27. The lowest BCUT2D eigenvalue weighted by atomic mass is 10.1. The SMILES string of the molecule is C[C@@H](OC(=O)c1cc(Cl)cc(Cl)c1)C(=O)NCCc1ccc(F)cc1. The van der Waals surface area contributed by atoms with Crippen molar-refractivity contribution >= 4 is 35.1 Å². The molecule has 1 amide bonds. The van der Waals surface area contributed by atoms with Gasteiger partial charge in [-0.1, -0.05) is 35.3 Å². The van der Waals surface area contributed by atoms with Crippen LogP contribution in [0.3, 0.4) is 0 Å². The van der Waals surface area contributed by atoms with Gasteiger partial charge in [0, 0.05) is 16.6 Å². The molecule has 0 aliphatic heterocycles. The van der Waals surface area contributed by atoms with Crippen LogP contribution in [0.2, 0.25) is 10.0 Å². The minimum absolute atomic E-state index is 0.170. The maximum absolute atomic E-state index is 12.8. The molecule has 0 saturated carbocycles. The largest absolute Gasteiger partial charge is 0.449 e. The van der Waals surface area contributed by atoms with Gasteiger partial charge in [-0.3, -0.25) is 4.79 Å². The summed E-state index contributed by atoms with van der Waals surface area (Å²) in [7, 11) is 0. The maximum Gasteiger partial charge on any atom is 0.339 e. The number of nitrogens with one attached hydrogen (secondary N) is 1. The smallest absolute Gasteiger partial charge is 0.339 e. The van der Waals surface area contributed by atoms with E-state index < -0.39 is 18.0 Å². The van der Waals surface area contributed by atoms with Gasteiger partial charge in [-0.15, -0.1) is 0 Å². The second-order valence-electron chi connectivity index (χ2n) is 5.37. The molecule has 1 atom stereocenters. The molecule has 1 N–H and O–H groups in total. The van der Waals surface area contributed by atoms with Crippen molar-refractivity contribution in [3.8, 4) is 0 Å². The molecule has 0 fully saturated rings. The first-order chi connectivity index (χ1) is 11.8. The number of hydrogen-bond donors (Lipinski definition) is 1. The Morgan fingerprint density at radius 1 is 1.12 bits per heavy atom. The molecule has 0 spiro atoms. The van der Waals surface area contributed by atoms with Gasteiger partial charge < -0.3 is 10.1 Å². The van der Waals surface area contributed by atoms with Crippen molar-refractivity contribution in [1.82, 2.24) is 5.32 Å². The average Bonchev–Trinajstić information content (AvgIpc) is 2.55. The van der Waals surface area contributed by atoms with E-state index in [1.165, 1.54) is 37.3 Å². The minimum atomic E-state index is -0.974. The molecule has 2 rings (SSSR count). The molecule has 4 nitrogen and oxygen atoms in total. The van der Waals surface area contributed by atoms with Crippen LogP contribution in [0.4, 0.5) is 4.39 Å². The van der Waals surface area contributed by atoms with Gasteiger partial charge in [0.25, 0.3) is 5.91 Å². The standard InChI is InChI=1S/C18H16Cl2FNO3/c1-11(25-18(24)13-8-14(19)10-15(20)9-13)17(23)22-7-6-12-2-4-16(21)5-3-12/h2-5,8-11H,6-7H2,1H3,(H,22,23)/t11-/m1/s1. The molecular formula is C18H16Cl2FNO3. The van der Waals surface area contributed by atoms with Crippen LogP contribution in [0.15, 0.2) is 42.5 Å². The molecule has 0 aliphatic carbocycles. The van der Waals surface area contributed by atoms with Gasteiger partial charge in [0.15, 0.2) is 6.10 Å². The first-order valence-corrected chi connectivity index (χ1v) is 8.30. The summed E-state index contributed by atoms with van der Waals surface area (Å²) in [6.07, 6.45) is -0.435. The number of halogens is 3. The molecule has 0 bridgehead atoms. The van der Waals surface area contributed by atoms with Crippen LogP contribution >= 0.6 is 23.2 Å². The number of esters is 1. The summed E-state index contributed by atoms with van der Waals surface area (Å²) in [6.45, 7) is 1.81. The average molecular weight is 384 g/mol. The number of ether oxygens (including phenoxy) is 1. The quantitative estimate of drug-likeness (QED) is 0.765. The summed E-state index contributed by atoms with van der Waals surface area (Å²) in [5.41, 5.74) is 1.06. The molecule has 0 unspecified atom stereocenters. The van der Waals surface area contributed by atoms with E-state index in [4.69, 9.17) is 27.9 Å².